The fourth-order valence-electron chi connectivity index (χ4n) is 5.11. The van der Waals surface area contributed by atoms with E-state index in [-0.39, 0.29) is 36.5 Å². The van der Waals surface area contributed by atoms with E-state index in [0.717, 1.165) is 44.3 Å². The Hall–Kier alpha value is -2.81. The average molecular weight is 515 g/mol. The lowest BCUT2D eigenvalue weighted by Gasteiger charge is -2.41. The predicted octanol–water partition coefficient (Wildman–Crippen LogP) is 3.24. The maximum absolute atomic E-state index is 13.3. The number of likely N-dealkylation sites (tertiary alicyclic amines) is 1. The Bertz CT molecular complexity index is 1040. The molecule has 1 atom stereocenters. The molecule has 2 aliphatic rings. The van der Waals surface area contributed by atoms with Gasteiger partial charge in [-0.1, -0.05) is 41.9 Å². The zero-order valence-corrected chi connectivity index (χ0v) is 21.4. The first-order chi connectivity index (χ1) is 17.5. The van der Waals surface area contributed by atoms with Crippen LogP contribution in [0.1, 0.15) is 41.6 Å². The van der Waals surface area contributed by atoms with Gasteiger partial charge in [0.25, 0.3) is 5.91 Å². The highest BCUT2D eigenvalue weighted by Crippen LogP contribution is 2.30. The third-order valence-corrected chi connectivity index (χ3v) is 7.44. The van der Waals surface area contributed by atoms with Crippen LogP contribution in [0.4, 0.5) is 5.69 Å². The van der Waals surface area contributed by atoms with Crippen molar-refractivity contribution in [1.82, 2.24) is 15.5 Å². The Balaban J connectivity index is 1.38. The number of nitrogen functional groups attached to an aromatic ring is 1. The molecule has 2 fully saturated rings. The third kappa shape index (κ3) is 6.49. The van der Waals surface area contributed by atoms with Crippen LogP contribution in [0.15, 0.2) is 42.5 Å². The zero-order chi connectivity index (χ0) is 25.5. The quantitative estimate of drug-likeness (QED) is 0.367. The number of halogens is 1. The Morgan fingerprint density at radius 2 is 1.83 bits per heavy atom. The number of anilines is 1. The first-order valence-corrected chi connectivity index (χ1v) is 12.9. The molecule has 36 heavy (non-hydrogen) atoms. The summed E-state index contributed by atoms with van der Waals surface area (Å²) in [6.07, 6.45) is 3.37. The highest BCUT2D eigenvalue weighted by molar-refractivity contribution is 6.33. The predicted molar refractivity (Wildman–Crippen MR) is 140 cm³/mol. The number of carbonyl (C=O) groups is 2. The summed E-state index contributed by atoms with van der Waals surface area (Å²) in [4.78, 5) is 28.5. The maximum Gasteiger partial charge on any atom is 0.323 e. The molecule has 4 rings (SSSR count). The lowest BCUT2D eigenvalue weighted by molar-refractivity contribution is -0.155. The molecule has 2 saturated heterocycles. The van der Waals surface area contributed by atoms with Crippen LogP contribution >= 0.6 is 11.6 Å². The number of rotatable bonds is 8. The van der Waals surface area contributed by atoms with Crippen molar-refractivity contribution in [2.45, 2.75) is 44.4 Å². The number of esters is 1. The summed E-state index contributed by atoms with van der Waals surface area (Å²) in [6.45, 7) is 3.51. The van der Waals surface area contributed by atoms with E-state index in [0.29, 0.717) is 35.1 Å². The van der Waals surface area contributed by atoms with Crippen molar-refractivity contribution < 1.29 is 19.1 Å². The molecular formula is C27H35ClN4O4. The molecule has 2 aromatic rings. The summed E-state index contributed by atoms with van der Waals surface area (Å²) in [7, 11) is 1.50. The SMILES string of the molecule is COc1cc(N)c(Cl)cc1C(=O)NC1CCN(C(C(=O)OCc2ccccc2)C2CCNCC2)CC1. The molecule has 0 aliphatic carbocycles. The number of ether oxygens (including phenoxy) is 2. The van der Waals surface area contributed by atoms with E-state index in [1.165, 1.54) is 13.2 Å². The fraction of sp³-hybridized carbons (Fsp3) is 0.481. The van der Waals surface area contributed by atoms with Gasteiger partial charge in [0.05, 0.1) is 23.4 Å². The van der Waals surface area contributed by atoms with Crippen LogP contribution in [0.25, 0.3) is 0 Å². The van der Waals surface area contributed by atoms with Crippen molar-refractivity contribution in [3.63, 3.8) is 0 Å². The minimum atomic E-state index is -0.275. The van der Waals surface area contributed by atoms with Gasteiger partial charge in [-0.05, 0) is 56.3 Å². The second-order valence-corrected chi connectivity index (χ2v) is 9.89. The third-order valence-electron chi connectivity index (χ3n) is 7.12. The van der Waals surface area contributed by atoms with Crippen LogP contribution in [0, 0.1) is 5.92 Å². The van der Waals surface area contributed by atoms with E-state index in [2.05, 4.69) is 15.5 Å². The summed E-state index contributed by atoms with van der Waals surface area (Å²) in [5, 5.41) is 6.80. The van der Waals surface area contributed by atoms with Gasteiger partial charge >= 0.3 is 5.97 Å². The van der Waals surface area contributed by atoms with Gasteiger partial charge in [0.1, 0.15) is 18.4 Å². The average Bonchev–Trinajstić information content (AvgIpc) is 2.91. The molecule has 0 bridgehead atoms. The van der Waals surface area contributed by atoms with Crippen LogP contribution in [0.5, 0.6) is 5.75 Å². The van der Waals surface area contributed by atoms with Gasteiger partial charge in [-0.15, -0.1) is 0 Å². The van der Waals surface area contributed by atoms with E-state index in [1.54, 1.807) is 6.07 Å². The lowest BCUT2D eigenvalue weighted by Crippen LogP contribution is -2.54. The largest absolute Gasteiger partial charge is 0.496 e. The molecule has 1 unspecified atom stereocenters. The van der Waals surface area contributed by atoms with Gasteiger partial charge in [0.15, 0.2) is 0 Å². The Morgan fingerprint density at radius 1 is 1.14 bits per heavy atom. The normalized spacial score (nSPS) is 18.4. The van der Waals surface area contributed by atoms with Crippen molar-refractivity contribution in [3.8, 4) is 5.75 Å². The molecule has 1 amide bonds. The Morgan fingerprint density at radius 3 is 2.50 bits per heavy atom. The molecule has 0 spiro atoms. The van der Waals surface area contributed by atoms with E-state index in [4.69, 9.17) is 26.8 Å². The summed E-state index contributed by atoms with van der Waals surface area (Å²) >= 11 is 6.14. The number of amides is 1. The van der Waals surface area contributed by atoms with E-state index < -0.39 is 0 Å². The van der Waals surface area contributed by atoms with Crippen molar-refractivity contribution in [3.05, 3.63) is 58.6 Å². The topological polar surface area (TPSA) is 106 Å². The highest BCUT2D eigenvalue weighted by atomic mass is 35.5. The molecule has 2 aromatic carbocycles. The van der Waals surface area contributed by atoms with Gasteiger partial charge in [-0.2, -0.15) is 0 Å². The minimum Gasteiger partial charge on any atom is -0.496 e. The van der Waals surface area contributed by atoms with Gasteiger partial charge in [0.2, 0.25) is 0 Å². The molecule has 4 N–H and O–H groups in total. The van der Waals surface area contributed by atoms with Gasteiger partial charge in [-0.25, -0.2) is 0 Å². The standard InChI is InChI=1S/C27H35ClN4O4/c1-35-24-16-23(29)22(28)15-21(24)26(33)31-20-9-13-32(14-10-20)25(19-7-11-30-12-8-19)27(34)36-17-18-5-3-2-4-6-18/h2-6,15-16,19-20,25,30H,7-14,17,29H2,1H3,(H,31,33). The first-order valence-electron chi connectivity index (χ1n) is 12.6. The van der Waals surface area contributed by atoms with Crippen LogP contribution in [-0.2, 0) is 16.1 Å². The Kier molecular flexibility index (Phi) is 9.07. The summed E-state index contributed by atoms with van der Waals surface area (Å²) in [5.74, 6) is 0.236. The molecule has 0 saturated carbocycles. The number of nitrogens with two attached hydrogens (primary N) is 1. The minimum absolute atomic E-state index is 0.0104. The second-order valence-electron chi connectivity index (χ2n) is 9.48. The molecule has 2 heterocycles. The van der Waals surface area contributed by atoms with Crippen LogP contribution in [-0.4, -0.2) is 62.1 Å². The Labute approximate surface area is 217 Å². The lowest BCUT2D eigenvalue weighted by atomic mass is 9.87. The van der Waals surface area contributed by atoms with Crippen molar-refractivity contribution in [2.24, 2.45) is 5.92 Å². The number of piperidine rings is 2. The van der Waals surface area contributed by atoms with Crippen molar-refractivity contribution in [1.29, 1.82) is 0 Å². The molecule has 194 valence electrons. The number of nitrogens with one attached hydrogen (secondary N) is 2. The van der Waals surface area contributed by atoms with Crippen molar-refractivity contribution in [2.75, 3.05) is 39.0 Å². The molecule has 2 aliphatic heterocycles. The monoisotopic (exact) mass is 514 g/mol. The second kappa shape index (κ2) is 12.4. The number of benzene rings is 2. The van der Waals surface area contributed by atoms with E-state index in [9.17, 15) is 9.59 Å². The number of carbonyl (C=O) groups excluding carboxylic acids is 2. The number of nitrogens with zero attached hydrogens (tertiary/aromatic N) is 1. The molecule has 0 radical (unpaired) electrons. The molecule has 8 nitrogen and oxygen atoms in total. The van der Waals surface area contributed by atoms with E-state index >= 15 is 0 Å². The highest BCUT2D eigenvalue weighted by Gasteiger charge is 2.37. The molecular weight excluding hydrogens is 480 g/mol. The summed E-state index contributed by atoms with van der Waals surface area (Å²) < 4.78 is 11.1. The summed E-state index contributed by atoms with van der Waals surface area (Å²) in [6, 6.07) is 12.6. The molecule has 9 heteroatoms. The first kappa shape index (κ1) is 26.3. The molecule has 0 aromatic heterocycles. The number of methoxy groups -OCH3 is 1. The zero-order valence-electron chi connectivity index (χ0n) is 20.7. The van der Waals surface area contributed by atoms with Gasteiger partial charge < -0.3 is 25.8 Å². The van der Waals surface area contributed by atoms with Crippen LogP contribution < -0.4 is 21.1 Å². The number of hydrogen-bond donors (Lipinski definition) is 3. The van der Waals surface area contributed by atoms with Gasteiger partial charge in [-0.3, -0.25) is 14.5 Å². The van der Waals surface area contributed by atoms with Crippen LogP contribution in [0.2, 0.25) is 5.02 Å². The smallest absolute Gasteiger partial charge is 0.323 e. The summed E-state index contributed by atoms with van der Waals surface area (Å²) in [5.41, 5.74) is 7.54. The fourth-order valence-corrected chi connectivity index (χ4v) is 5.28. The van der Waals surface area contributed by atoms with Gasteiger partial charge in [0, 0.05) is 25.2 Å². The van der Waals surface area contributed by atoms with E-state index in [1.807, 2.05) is 30.3 Å². The van der Waals surface area contributed by atoms with Crippen LogP contribution in [0.3, 0.4) is 0 Å². The number of hydrogen-bond acceptors (Lipinski definition) is 7. The maximum atomic E-state index is 13.3. The van der Waals surface area contributed by atoms with Crippen molar-refractivity contribution >= 4 is 29.2 Å².